The molecule has 7 nitrogen and oxygen atoms in total. The molecule has 0 spiro atoms. The van der Waals surface area contributed by atoms with Crippen LogP contribution in [0, 0.1) is 0 Å². The highest BCUT2D eigenvalue weighted by Gasteiger charge is 2.33. The third-order valence-electron chi connectivity index (χ3n) is 3.28. The van der Waals surface area contributed by atoms with Crippen LogP contribution in [0.5, 0.6) is 0 Å². The van der Waals surface area contributed by atoms with Gasteiger partial charge in [0, 0.05) is 27.2 Å². The molecular weight excluding hydrogens is 272 g/mol. The molecule has 1 aromatic rings. The van der Waals surface area contributed by atoms with Gasteiger partial charge in [-0.15, -0.1) is 10.2 Å². The van der Waals surface area contributed by atoms with Gasteiger partial charge in [-0.1, -0.05) is 0 Å². The zero-order valence-corrected chi connectivity index (χ0v) is 12.9. The van der Waals surface area contributed by atoms with Crippen molar-refractivity contribution < 1.29 is 14.6 Å². The van der Waals surface area contributed by atoms with Crippen molar-refractivity contribution in [2.45, 2.75) is 25.6 Å². The Morgan fingerprint density at radius 1 is 1.48 bits per heavy atom. The highest BCUT2D eigenvalue weighted by Crippen LogP contribution is 2.24. The van der Waals surface area contributed by atoms with Crippen molar-refractivity contribution in [3.63, 3.8) is 0 Å². The summed E-state index contributed by atoms with van der Waals surface area (Å²) < 4.78 is 5.77. The van der Waals surface area contributed by atoms with Gasteiger partial charge in [-0.25, -0.2) is 0 Å². The first-order chi connectivity index (χ1) is 9.82. The molecule has 116 valence electrons. The quantitative estimate of drug-likeness (QED) is 0.855. The van der Waals surface area contributed by atoms with Crippen molar-refractivity contribution in [3.8, 4) is 0 Å². The Hall–Kier alpha value is -1.73. The van der Waals surface area contributed by atoms with Crippen molar-refractivity contribution in [1.82, 2.24) is 15.1 Å². The highest BCUT2D eigenvalue weighted by molar-refractivity contribution is 5.91. The summed E-state index contributed by atoms with van der Waals surface area (Å²) in [5.74, 6) is 0.504. The van der Waals surface area contributed by atoms with Crippen LogP contribution in [0.15, 0.2) is 12.1 Å². The second-order valence-corrected chi connectivity index (χ2v) is 6.04. The Morgan fingerprint density at radius 2 is 2.19 bits per heavy atom. The van der Waals surface area contributed by atoms with Crippen molar-refractivity contribution >= 4 is 11.7 Å². The van der Waals surface area contributed by atoms with Gasteiger partial charge in [0.1, 0.15) is 0 Å². The molecule has 1 atom stereocenters. The number of hydrogen-bond donors (Lipinski definition) is 1. The second kappa shape index (κ2) is 5.95. The van der Waals surface area contributed by atoms with E-state index in [1.54, 1.807) is 26.2 Å². The SMILES string of the molecule is CN(C)C(=O)c1ccc(N2CC(CO)OC(C)(C)C2)nn1. The Bertz CT molecular complexity index is 501. The van der Waals surface area contributed by atoms with Crippen LogP contribution in [-0.2, 0) is 4.74 Å². The number of aliphatic hydroxyl groups excluding tert-OH is 1. The lowest BCUT2D eigenvalue weighted by Crippen LogP contribution is -2.54. The molecule has 0 aromatic carbocycles. The number of amides is 1. The molecule has 1 aromatic heterocycles. The largest absolute Gasteiger partial charge is 0.394 e. The molecule has 1 aliphatic rings. The number of nitrogens with zero attached hydrogens (tertiary/aromatic N) is 4. The van der Waals surface area contributed by atoms with Crippen molar-refractivity contribution in [2.24, 2.45) is 0 Å². The molecular formula is C14H22N4O3. The van der Waals surface area contributed by atoms with E-state index >= 15 is 0 Å². The predicted octanol–water partition coefficient (Wildman–Crippen LogP) is 0.155. The normalized spacial score (nSPS) is 21.2. The van der Waals surface area contributed by atoms with Crippen LogP contribution >= 0.6 is 0 Å². The van der Waals surface area contributed by atoms with E-state index in [1.165, 1.54) is 4.90 Å². The maximum Gasteiger partial charge on any atom is 0.273 e. The van der Waals surface area contributed by atoms with E-state index in [2.05, 4.69) is 10.2 Å². The van der Waals surface area contributed by atoms with Gasteiger partial charge in [0.15, 0.2) is 11.5 Å². The standard InChI is InChI=1S/C14H22N4O3/c1-14(2)9-18(7-10(8-19)21-14)12-6-5-11(15-16-12)13(20)17(3)4/h5-6,10,19H,7-9H2,1-4H3. The summed E-state index contributed by atoms with van der Waals surface area (Å²) in [6, 6.07) is 3.45. The lowest BCUT2D eigenvalue weighted by molar-refractivity contribution is -0.101. The Labute approximate surface area is 124 Å². The fraction of sp³-hybridized carbons (Fsp3) is 0.643. The van der Waals surface area contributed by atoms with E-state index in [9.17, 15) is 9.90 Å². The molecule has 1 amide bonds. The zero-order chi connectivity index (χ0) is 15.6. The summed E-state index contributed by atoms with van der Waals surface area (Å²) in [6.45, 7) is 5.11. The van der Waals surface area contributed by atoms with Gasteiger partial charge in [0.25, 0.3) is 5.91 Å². The van der Waals surface area contributed by atoms with E-state index in [4.69, 9.17) is 4.74 Å². The molecule has 0 bridgehead atoms. The van der Waals surface area contributed by atoms with Crippen molar-refractivity contribution in [3.05, 3.63) is 17.8 Å². The first-order valence-electron chi connectivity index (χ1n) is 6.91. The molecule has 2 rings (SSSR count). The fourth-order valence-electron chi connectivity index (χ4n) is 2.40. The molecule has 2 heterocycles. The van der Waals surface area contributed by atoms with E-state index < -0.39 is 0 Å². The van der Waals surface area contributed by atoms with Gasteiger partial charge in [-0.2, -0.15) is 0 Å². The minimum atomic E-state index is -0.370. The number of ether oxygens (including phenoxy) is 1. The zero-order valence-electron chi connectivity index (χ0n) is 12.9. The maximum absolute atomic E-state index is 11.8. The number of aromatic nitrogens is 2. The van der Waals surface area contributed by atoms with Gasteiger partial charge in [-0.3, -0.25) is 4.79 Å². The maximum atomic E-state index is 11.8. The Kier molecular flexibility index (Phi) is 4.43. The van der Waals surface area contributed by atoms with Crippen LogP contribution in [0.4, 0.5) is 5.82 Å². The van der Waals surface area contributed by atoms with Crippen molar-refractivity contribution in [1.29, 1.82) is 0 Å². The van der Waals surface area contributed by atoms with E-state index in [1.807, 2.05) is 18.7 Å². The predicted molar refractivity (Wildman–Crippen MR) is 78.3 cm³/mol. The summed E-state index contributed by atoms with van der Waals surface area (Å²) in [6.07, 6.45) is -0.251. The summed E-state index contributed by atoms with van der Waals surface area (Å²) >= 11 is 0. The minimum Gasteiger partial charge on any atom is -0.394 e. The number of carbonyl (C=O) groups is 1. The molecule has 1 aliphatic heterocycles. The molecule has 1 N–H and O–H groups in total. The van der Waals surface area contributed by atoms with E-state index in [-0.39, 0.29) is 24.2 Å². The van der Waals surface area contributed by atoms with E-state index in [0.717, 1.165) is 0 Å². The molecule has 21 heavy (non-hydrogen) atoms. The van der Waals surface area contributed by atoms with Crippen LogP contribution in [0.3, 0.4) is 0 Å². The number of morpholine rings is 1. The van der Waals surface area contributed by atoms with Gasteiger partial charge < -0.3 is 19.6 Å². The smallest absolute Gasteiger partial charge is 0.273 e. The van der Waals surface area contributed by atoms with Crippen LogP contribution < -0.4 is 4.90 Å². The van der Waals surface area contributed by atoms with Crippen LogP contribution in [0.25, 0.3) is 0 Å². The fourth-order valence-corrected chi connectivity index (χ4v) is 2.40. The molecule has 1 saturated heterocycles. The van der Waals surface area contributed by atoms with Crippen LogP contribution in [0.1, 0.15) is 24.3 Å². The third kappa shape index (κ3) is 3.68. The minimum absolute atomic E-state index is 0.0371. The highest BCUT2D eigenvalue weighted by atomic mass is 16.5. The van der Waals surface area contributed by atoms with Gasteiger partial charge in [-0.05, 0) is 26.0 Å². The second-order valence-electron chi connectivity index (χ2n) is 6.04. The monoisotopic (exact) mass is 294 g/mol. The lowest BCUT2D eigenvalue weighted by atomic mass is 10.1. The molecule has 0 saturated carbocycles. The van der Waals surface area contributed by atoms with Gasteiger partial charge >= 0.3 is 0 Å². The molecule has 1 unspecified atom stereocenters. The number of carbonyl (C=O) groups excluding carboxylic acids is 1. The average molecular weight is 294 g/mol. The Morgan fingerprint density at radius 3 is 2.71 bits per heavy atom. The summed E-state index contributed by atoms with van der Waals surface area (Å²) in [4.78, 5) is 15.3. The number of anilines is 1. The molecule has 0 radical (unpaired) electrons. The van der Waals surface area contributed by atoms with Crippen molar-refractivity contribution in [2.75, 3.05) is 38.7 Å². The summed E-state index contributed by atoms with van der Waals surface area (Å²) in [7, 11) is 3.35. The number of rotatable bonds is 3. The first-order valence-corrected chi connectivity index (χ1v) is 6.91. The number of hydrogen-bond acceptors (Lipinski definition) is 6. The van der Waals surface area contributed by atoms with Crippen LogP contribution in [0.2, 0.25) is 0 Å². The summed E-state index contributed by atoms with van der Waals surface area (Å²) in [5.41, 5.74) is -0.0548. The molecule has 1 fully saturated rings. The average Bonchev–Trinajstić information content (AvgIpc) is 2.44. The lowest BCUT2D eigenvalue weighted by Gasteiger charge is -2.42. The van der Waals surface area contributed by atoms with Gasteiger partial charge in [0.05, 0.1) is 18.3 Å². The third-order valence-corrected chi connectivity index (χ3v) is 3.28. The first kappa shape index (κ1) is 15.7. The topological polar surface area (TPSA) is 78.8 Å². The summed E-state index contributed by atoms with van der Waals surface area (Å²) in [5, 5.41) is 17.4. The van der Waals surface area contributed by atoms with Crippen LogP contribution in [-0.4, -0.2) is 71.6 Å². The van der Waals surface area contributed by atoms with Gasteiger partial charge in [0.2, 0.25) is 0 Å². The van der Waals surface area contributed by atoms with E-state index in [0.29, 0.717) is 24.6 Å². The molecule has 0 aliphatic carbocycles. The molecule has 7 heteroatoms. The number of aliphatic hydroxyl groups is 1. The Balaban J connectivity index is 2.16.